The van der Waals surface area contributed by atoms with Crippen LogP contribution in [0.2, 0.25) is 0 Å². The van der Waals surface area contributed by atoms with Crippen molar-refractivity contribution in [1.82, 2.24) is 4.90 Å². The molecule has 0 aromatic carbocycles. The number of rotatable bonds is 8. The van der Waals surface area contributed by atoms with Crippen molar-refractivity contribution in [2.45, 2.75) is 109 Å². The third-order valence-corrected chi connectivity index (χ3v) is 7.48. The topological polar surface area (TPSA) is 37.4 Å². The van der Waals surface area contributed by atoms with E-state index in [0.29, 0.717) is 24.0 Å². The second-order valence-corrected chi connectivity index (χ2v) is 9.59. The van der Waals surface area contributed by atoms with E-state index in [4.69, 9.17) is 0 Å². The van der Waals surface area contributed by atoms with E-state index < -0.39 is 0 Å². The second-order valence-electron chi connectivity index (χ2n) is 9.59. The predicted octanol–water partition coefficient (Wildman–Crippen LogP) is 5.91. The molecule has 3 heteroatoms. The van der Waals surface area contributed by atoms with E-state index in [1.807, 2.05) is 0 Å². The molecule has 0 N–H and O–H groups in total. The number of unbranched alkanes of at least 4 members (excludes halogenated alkanes) is 2. The van der Waals surface area contributed by atoms with Gasteiger partial charge in [-0.2, -0.15) is 0 Å². The number of carbonyl (C=O) groups is 2. The summed E-state index contributed by atoms with van der Waals surface area (Å²) >= 11 is 0. The number of hydrogen-bond acceptors (Lipinski definition) is 2. The van der Waals surface area contributed by atoms with Crippen molar-refractivity contribution < 1.29 is 9.59 Å². The van der Waals surface area contributed by atoms with Crippen molar-refractivity contribution >= 4 is 11.7 Å². The Hall–Kier alpha value is -0.860. The van der Waals surface area contributed by atoms with Gasteiger partial charge in [0.05, 0.1) is 0 Å². The van der Waals surface area contributed by atoms with Gasteiger partial charge in [0.25, 0.3) is 0 Å². The van der Waals surface area contributed by atoms with Crippen LogP contribution in [0.3, 0.4) is 0 Å². The minimum absolute atomic E-state index is 0.365. The summed E-state index contributed by atoms with van der Waals surface area (Å²) in [5.74, 6) is 3.15. The summed E-state index contributed by atoms with van der Waals surface area (Å²) in [6.07, 6.45) is 19.8. The zero-order chi connectivity index (χ0) is 18.9. The van der Waals surface area contributed by atoms with Gasteiger partial charge in [-0.25, -0.2) is 0 Å². The Bertz CT molecular complexity index is 467. The minimum Gasteiger partial charge on any atom is -0.342 e. The molecule has 0 bridgehead atoms. The molecule has 1 saturated heterocycles. The Morgan fingerprint density at radius 2 is 1.37 bits per heavy atom. The highest BCUT2D eigenvalue weighted by molar-refractivity contribution is 5.78. The number of hydrogen-bond donors (Lipinski definition) is 0. The summed E-state index contributed by atoms with van der Waals surface area (Å²) in [6, 6.07) is 0. The van der Waals surface area contributed by atoms with E-state index in [2.05, 4.69) is 4.90 Å². The van der Waals surface area contributed by atoms with Crippen LogP contribution in [0.25, 0.3) is 0 Å². The number of amides is 1. The molecule has 3 nitrogen and oxygen atoms in total. The van der Waals surface area contributed by atoms with Gasteiger partial charge in [0.1, 0.15) is 5.78 Å². The first-order valence-electron chi connectivity index (χ1n) is 12.0. The molecule has 2 unspecified atom stereocenters. The molecule has 2 saturated carbocycles. The largest absolute Gasteiger partial charge is 0.342 e. The second kappa shape index (κ2) is 11.2. The lowest BCUT2D eigenvalue weighted by molar-refractivity contribution is -0.134. The van der Waals surface area contributed by atoms with E-state index in [1.54, 1.807) is 0 Å². The first-order chi connectivity index (χ1) is 13.2. The van der Waals surface area contributed by atoms with Crippen molar-refractivity contribution in [2.24, 2.45) is 17.8 Å². The zero-order valence-corrected chi connectivity index (χ0v) is 17.4. The Morgan fingerprint density at radius 1 is 0.704 bits per heavy atom. The maximum atomic E-state index is 12.5. The summed E-state index contributed by atoms with van der Waals surface area (Å²) in [6.45, 7) is 2.00. The SMILES string of the molecule is O=C(CCCCCC(=O)N1CCC2CCCCC2C1)CC1CCCCCC1. The smallest absolute Gasteiger partial charge is 0.222 e. The zero-order valence-electron chi connectivity index (χ0n) is 17.4. The lowest BCUT2D eigenvalue weighted by atomic mass is 9.75. The summed E-state index contributed by atoms with van der Waals surface area (Å²) < 4.78 is 0. The molecule has 27 heavy (non-hydrogen) atoms. The van der Waals surface area contributed by atoms with Crippen LogP contribution < -0.4 is 0 Å². The molecule has 3 rings (SSSR count). The van der Waals surface area contributed by atoms with Crippen LogP contribution in [-0.4, -0.2) is 29.7 Å². The third kappa shape index (κ3) is 6.91. The van der Waals surface area contributed by atoms with E-state index in [-0.39, 0.29) is 0 Å². The standard InChI is InChI=1S/C24H41NO2/c26-23(18-20-10-4-1-2-5-11-20)14-6-3-7-15-24(27)25-17-16-21-12-8-9-13-22(21)19-25/h20-22H,1-19H2. The van der Waals surface area contributed by atoms with Gasteiger partial charge in [0.2, 0.25) is 5.91 Å². The molecule has 3 aliphatic rings. The minimum atomic E-state index is 0.365. The van der Waals surface area contributed by atoms with Crippen LogP contribution in [0.1, 0.15) is 109 Å². The molecule has 0 aromatic rings. The highest BCUT2D eigenvalue weighted by Gasteiger charge is 2.32. The summed E-state index contributed by atoms with van der Waals surface area (Å²) in [4.78, 5) is 26.9. The van der Waals surface area contributed by atoms with E-state index in [0.717, 1.165) is 57.0 Å². The lowest BCUT2D eigenvalue weighted by Gasteiger charge is -2.41. The van der Waals surface area contributed by atoms with Crippen LogP contribution in [0.15, 0.2) is 0 Å². The van der Waals surface area contributed by atoms with Gasteiger partial charge in [0, 0.05) is 32.4 Å². The molecule has 1 aliphatic heterocycles. The van der Waals surface area contributed by atoms with E-state index in [1.165, 1.54) is 70.6 Å². The van der Waals surface area contributed by atoms with E-state index in [9.17, 15) is 9.59 Å². The van der Waals surface area contributed by atoms with Crippen molar-refractivity contribution in [3.63, 3.8) is 0 Å². The maximum Gasteiger partial charge on any atom is 0.222 e. The molecule has 3 fully saturated rings. The fourth-order valence-electron chi connectivity index (χ4n) is 5.75. The predicted molar refractivity (Wildman–Crippen MR) is 111 cm³/mol. The fraction of sp³-hybridized carbons (Fsp3) is 0.917. The number of ketones is 1. The van der Waals surface area contributed by atoms with Gasteiger partial charge in [-0.3, -0.25) is 9.59 Å². The summed E-state index contributed by atoms with van der Waals surface area (Å²) in [7, 11) is 0. The summed E-state index contributed by atoms with van der Waals surface area (Å²) in [5, 5.41) is 0. The first-order valence-corrected chi connectivity index (χ1v) is 12.0. The van der Waals surface area contributed by atoms with Gasteiger partial charge >= 0.3 is 0 Å². The Labute approximate surface area is 166 Å². The fourth-order valence-corrected chi connectivity index (χ4v) is 5.75. The number of Topliss-reactive ketones (excluding diaryl/α,β-unsaturated/α-hetero) is 1. The number of piperidine rings is 1. The van der Waals surface area contributed by atoms with Crippen molar-refractivity contribution in [1.29, 1.82) is 0 Å². The van der Waals surface area contributed by atoms with Crippen molar-refractivity contribution in [3.8, 4) is 0 Å². The van der Waals surface area contributed by atoms with E-state index >= 15 is 0 Å². The Kier molecular flexibility index (Phi) is 8.67. The Morgan fingerprint density at radius 3 is 2.15 bits per heavy atom. The molecular weight excluding hydrogens is 334 g/mol. The molecule has 0 spiro atoms. The number of fused-ring (bicyclic) bond motifs is 1. The highest BCUT2D eigenvalue weighted by atomic mass is 16.2. The van der Waals surface area contributed by atoms with Gasteiger partial charge < -0.3 is 4.90 Å². The molecule has 0 radical (unpaired) electrons. The maximum absolute atomic E-state index is 12.5. The van der Waals surface area contributed by atoms with Crippen LogP contribution >= 0.6 is 0 Å². The molecule has 2 aliphatic carbocycles. The molecule has 0 aromatic heterocycles. The lowest BCUT2D eigenvalue weighted by Crippen LogP contribution is -2.44. The molecular formula is C24H41NO2. The molecule has 2 atom stereocenters. The van der Waals surface area contributed by atoms with Crippen LogP contribution in [-0.2, 0) is 9.59 Å². The van der Waals surface area contributed by atoms with Crippen LogP contribution in [0, 0.1) is 17.8 Å². The average Bonchev–Trinajstić information content (AvgIpc) is 2.95. The normalized spacial score (nSPS) is 27.0. The molecule has 1 heterocycles. The number of likely N-dealkylation sites (tertiary alicyclic amines) is 1. The number of carbonyl (C=O) groups excluding carboxylic acids is 2. The monoisotopic (exact) mass is 375 g/mol. The molecule has 154 valence electrons. The highest BCUT2D eigenvalue weighted by Crippen LogP contribution is 2.36. The quantitative estimate of drug-likeness (QED) is 0.391. The molecule has 1 amide bonds. The average molecular weight is 376 g/mol. The van der Waals surface area contributed by atoms with Gasteiger partial charge in [-0.05, 0) is 43.4 Å². The van der Waals surface area contributed by atoms with Crippen LogP contribution in [0.4, 0.5) is 0 Å². The van der Waals surface area contributed by atoms with Gasteiger partial charge in [0.15, 0.2) is 0 Å². The van der Waals surface area contributed by atoms with Crippen LogP contribution in [0.5, 0.6) is 0 Å². The summed E-state index contributed by atoms with van der Waals surface area (Å²) in [5.41, 5.74) is 0. The van der Waals surface area contributed by atoms with Gasteiger partial charge in [-0.1, -0.05) is 64.2 Å². The van der Waals surface area contributed by atoms with Gasteiger partial charge in [-0.15, -0.1) is 0 Å². The first kappa shape index (κ1) is 20.9. The third-order valence-electron chi connectivity index (χ3n) is 7.48. The van der Waals surface area contributed by atoms with Crippen molar-refractivity contribution in [3.05, 3.63) is 0 Å². The Balaban J connectivity index is 1.24. The number of nitrogens with zero attached hydrogens (tertiary/aromatic N) is 1. The van der Waals surface area contributed by atoms with Crippen molar-refractivity contribution in [2.75, 3.05) is 13.1 Å².